The number of benzene rings is 1. The molecule has 1 aromatic carbocycles. The van der Waals surface area contributed by atoms with Crippen molar-refractivity contribution in [2.45, 2.75) is 51.4 Å². The number of hydrogen-bond acceptors (Lipinski definition) is 7. The van der Waals surface area contributed by atoms with E-state index in [0.717, 1.165) is 25.7 Å². The van der Waals surface area contributed by atoms with Crippen LogP contribution in [0.5, 0.6) is 5.75 Å². The van der Waals surface area contributed by atoms with Crippen LogP contribution in [0.1, 0.15) is 72.1 Å². The molecule has 8 heteroatoms. The van der Waals surface area contributed by atoms with Gasteiger partial charge in [-0.2, -0.15) is 0 Å². The highest BCUT2D eigenvalue weighted by atomic mass is 17.2. The lowest BCUT2D eigenvalue weighted by molar-refractivity contribution is -0.234. The maximum atomic E-state index is 12.1. The zero-order chi connectivity index (χ0) is 18.9. The van der Waals surface area contributed by atoms with Gasteiger partial charge in [-0.15, -0.1) is 0 Å². The molecule has 1 aliphatic heterocycles. The second kappa shape index (κ2) is 9.55. The minimum absolute atomic E-state index is 0.109. The fourth-order valence-corrected chi connectivity index (χ4v) is 2.56. The van der Waals surface area contributed by atoms with E-state index in [1.54, 1.807) is 0 Å². The van der Waals surface area contributed by atoms with E-state index in [0.29, 0.717) is 12.8 Å². The number of carbonyl (C=O) groups is 4. The lowest BCUT2D eigenvalue weighted by Gasteiger charge is -2.12. The van der Waals surface area contributed by atoms with Gasteiger partial charge < -0.3 is 9.84 Å². The molecule has 0 saturated heterocycles. The molecule has 1 aliphatic rings. The first-order chi connectivity index (χ1) is 12.5. The molecule has 0 bridgehead atoms. The SMILES string of the molecule is O=C1CCCCCCCCC(=O)Oc2c(C(=O)O)cccc2C(=O)OO1. The van der Waals surface area contributed by atoms with Crippen LogP contribution in [-0.2, 0) is 19.4 Å². The first-order valence-electron chi connectivity index (χ1n) is 8.47. The van der Waals surface area contributed by atoms with Crippen molar-refractivity contribution in [3.8, 4) is 5.75 Å². The number of esters is 1. The molecule has 0 spiro atoms. The molecule has 0 amide bonds. The number of aromatic carboxylic acids is 1. The molecular weight excluding hydrogens is 344 g/mol. The predicted octanol–water partition coefficient (Wildman–Crippen LogP) is 3.04. The van der Waals surface area contributed by atoms with Crippen molar-refractivity contribution < 1.29 is 38.8 Å². The minimum Gasteiger partial charge on any atom is -0.478 e. The maximum absolute atomic E-state index is 12.1. The van der Waals surface area contributed by atoms with Gasteiger partial charge in [0.05, 0.1) is 6.42 Å². The number of hydrogen-bond donors (Lipinski definition) is 1. The number of carbonyl (C=O) groups excluding carboxylic acids is 3. The minimum atomic E-state index is -1.37. The molecule has 26 heavy (non-hydrogen) atoms. The Hall–Kier alpha value is -2.90. The Labute approximate surface area is 150 Å². The Morgan fingerprint density at radius 1 is 0.846 bits per heavy atom. The largest absolute Gasteiger partial charge is 0.478 e. The summed E-state index contributed by atoms with van der Waals surface area (Å²) in [5.41, 5.74) is -0.668. The van der Waals surface area contributed by atoms with Gasteiger partial charge in [-0.1, -0.05) is 31.7 Å². The highest BCUT2D eigenvalue weighted by Gasteiger charge is 2.25. The Morgan fingerprint density at radius 2 is 1.46 bits per heavy atom. The fourth-order valence-electron chi connectivity index (χ4n) is 2.56. The molecule has 0 aliphatic carbocycles. The maximum Gasteiger partial charge on any atom is 0.390 e. The third-order valence-electron chi connectivity index (χ3n) is 3.90. The number of rotatable bonds is 1. The van der Waals surface area contributed by atoms with Crippen molar-refractivity contribution in [2.75, 3.05) is 0 Å². The first-order valence-corrected chi connectivity index (χ1v) is 8.47. The second-order valence-corrected chi connectivity index (χ2v) is 5.91. The Morgan fingerprint density at radius 3 is 2.12 bits per heavy atom. The summed E-state index contributed by atoms with van der Waals surface area (Å²) < 4.78 is 5.13. The summed E-state index contributed by atoms with van der Waals surface area (Å²) in [5, 5.41) is 9.27. The van der Waals surface area contributed by atoms with Crippen LogP contribution in [0.15, 0.2) is 18.2 Å². The zero-order valence-corrected chi connectivity index (χ0v) is 14.2. The number of para-hydroxylation sites is 1. The quantitative estimate of drug-likeness (QED) is 0.459. The molecule has 0 fully saturated rings. The topological polar surface area (TPSA) is 116 Å². The van der Waals surface area contributed by atoms with Crippen molar-refractivity contribution in [2.24, 2.45) is 0 Å². The lowest BCUT2D eigenvalue weighted by atomic mass is 10.1. The van der Waals surface area contributed by atoms with Gasteiger partial charge in [0.1, 0.15) is 11.1 Å². The monoisotopic (exact) mass is 364 g/mol. The Bertz CT molecular complexity index is 694. The van der Waals surface area contributed by atoms with Crippen LogP contribution >= 0.6 is 0 Å². The highest BCUT2D eigenvalue weighted by molar-refractivity contribution is 6.00. The molecule has 140 valence electrons. The predicted molar refractivity (Wildman–Crippen MR) is 87.5 cm³/mol. The lowest BCUT2D eigenvalue weighted by Crippen LogP contribution is -2.17. The molecule has 0 unspecified atom stereocenters. The van der Waals surface area contributed by atoms with Gasteiger partial charge in [0.25, 0.3) is 0 Å². The third-order valence-corrected chi connectivity index (χ3v) is 3.90. The zero-order valence-electron chi connectivity index (χ0n) is 14.2. The van der Waals surface area contributed by atoms with Crippen molar-refractivity contribution in [1.29, 1.82) is 0 Å². The van der Waals surface area contributed by atoms with Crippen LogP contribution in [0.3, 0.4) is 0 Å². The average molecular weight is 364 g/mol. The van der Waals surface area contributed by atoms with Gasteiger partial charge in [-0.05, 0) is 25.0 Å². The van der Waals surface area contributed by atoms with Gasteiger partial charge in [-0.3, -0.25) is 4.79 Å². The Balaban J connectivity index is 2.27. The van der Waals surface area contributed by atoms with E-state index in [-0.39, 0.29) is 24.0 Å². The van der Waals surface area contributed by atoms with Crippen LogP contribution in [0.2, 0.25) is 0 Å². The molecular formula is C18H20O8. The summed E-state index contributed by atoms with van der Waals surface area (Å²) in [6, 6.07) is 3.73. The van der Waals surface area contributed by atoms with Crippen LogP contribution in [0.25, 0.3) is 0 Å². The van der Waals surface area contributed by atoms with E-state index in [9.17, 15) is 24.3 Å². The van der Waals surface area contributed by atoms with Crippen LogP contribution in [0.4, 0.5) is 0 Å². The van der Waals surface area contributed by atoms with E-state index in [1.165, 1.54) is 18.2 Å². The summed E-state index contributed by atoms with van der Waals surface area (Å²) in [4.78, 5) is 56.1. The van der Waals surface area contributed by atoms with Gasteiger partial charge in [-0.25, -0.2) is 24.2 Å². The number of fused-ring (bicyclic) bond motifs is 1. The number of carboxylic acids is 1. The third kappa shape index (κ3) is 5.58. The molecule has 0 saturated carbocycles. The molecule has 8 nitrogen and oxygen atoms in total. The molecule has 0 aromatic heterocycles. The van der Waals surface area contributed by atoms with Crippen LogP contribution in [0, 0.1) is 0 Å². The summed E-state index contributed by atoms with van der Waals surface area (Å²) in [7, 11) is 0. The molecule has 1 heterocycles. The molecule has 0 atom stereocenters. The van der Waals surface area contributed by atoms with E-state index in [2.05, 4.69) is 9.78 Å². The Kier molecular flexibility index (Phi) is 7.13. The van der Waals surface area contributed by atoms with Gasteiger partial charge in [0.2, 0.25) is 0 Å². The van der Waals surface area contributed by atoms with Crippen LogP contribution < -0.4 is 4.74 Å². The number of ether oxygens (including phenoxy) is 1. The van der Waals surface area contributed by atoms with Crippen LogP contribution in [-0.4, -0.2) is 29.0 Å². The first kappa shape index (κ1) is 19.4. The van der Waals surface area contributed by atoms with E-state index < -0.39 is 29.6 Å². The average Bonchev–Trinajstić information content (AvgIpc) is 2.61. The molecule has 1 N–H and O–H groups in total. The number of carboxylic acid groups (broad SMARTS) is 1. The van der Waals surface area contributed by atoms with E-state index in [1.807, 2.05) is 0 Å². The van der Waals surface area contributed by atoms with Gasteiger partial charge in [0, 0.05) is 6.42 Å². The summed E-state index contributed by atoms with van der Waals surface area (Å²) in [6.45, 7) is 0. The van der Waals surface area contributed by atoms with Crippen molar-refractivity contribution in [3.63, 3.8) is 0 Å². The molecule has 2 rings (SSSR count). The summed E-state index contributed by atoms with van der Waals surface area (Å²) >= 11 is 0. The fraction of sp³-hybridized carbons (Fsp3) is 0.444. The van der Waals surface area contributed by atoms with Gasteiger partial charge >= 0.3 is 23.9 Å². The van der Waals surface area contributed by atoms with E-state index >= 15 is 0 Å². The molecule has 1 aromatic rings. The van der Waals surface area contributed by atoms with Gasteiger partial charge in [0.15, 0.2) is 5.75 Å². The van der Waals surface area contributed by atoms with Crippen molar-refractivity contribution in [3.05, 3.63) is 29.3 Å². The highest BCUT2D eigenvalue weighted by Crippen LogP contribution is 2.26. The summed E-state index contributed by atoms with van der Waals surface area (Å²) in [5.74, 6) is -4.24. The van der Waals surface area contributed by atoms with Crippen molar-refractivity contribution >= 4 is 23.9 Å². The standard InChI is InChI=1S/C18H20O8/c19-14-10-5-3-1-2-4-6-11-15(20)25-26-18(23)13-9-7-8-12(17(21)22)16(13)24-14/h7-9H,1-6,10-11H2,(H,21,22). The second-order valence-electron chi connectivity index (χ2n) is 5.91. The molecule has 0 radical (unpaired) electrons. The van der Waals surface area contributed by atoms with Crippen molar-refractivity contribution in [1.82, 2.24) is 0 Å². The normalized spacial score (nSPS) is 17.5. The summed E-state index contributed by atoms with van der Waals surface area (Å²) in [6.07, 6.45) is 4.89. The van der Waals surface area contributed by atoms with E-state index in [4.69, 9.17) is 4.74 Å². The smallest absolute Gasteiger partial charge is 0.390 e.